The smallest absolute Gasteiger partial charge is 0.322 e. The van der Waals surface area contributed by atoms with Crippen molar-refractivity contribution < 1.29 is 19.2 Å². The molecule has 2 fully saturated rings. The van der Waals surface area contributed by atoms with E-state index in [1.165, 1.54) is 0 Å². The fourth-order valence-electron chi connectivity index (χ4n) is 4.25. The van der Waals surface area contributed by atoms with Crippen LogP contribution in [0.1, 0.15) is 31.7 Å². The highest BCUT2D eigenvalue weighted by Crippen LogP contribution is 2.30. The minimum atomic E-state index is -1.04. The second kappa shape index (κ2) is 6.81. The van der Waals surface area contributed by atoms with E-state index in [1.54, 1.807) is 22.8 Å². The first-order valence-corrected chi connectivity index (χ1v) is 9.48. The molecule has 0 saturated carbocycles. The second-order valence-electron chi connectivity index (χ2n) is 7.56. The predicted molar refractivity (Wildman–Crippen MR) is 102 cm³/mol. The van der Waals surface area contributed by atoms with Gasteiger partial charge in [0, 0.05) is 31.4 Å². The molecule has 3 aliphatic rings. The van der Waals surface area contributed by atoms with Crippen LogP contribution in [-0.4, -0.2) is 53.9 Å². The summed E-state index contributed by atoms with van der Waals surface area (Å²) >= 11 is 0. The Hall–Kier alpha value is -3.10. The van der Waals surface area contributed by atoms with Gasteiger partial charge in [0.15, 0.2) is 0 Å². The minimum absolute atomic E-state index is 0.00763. The first-order chi connectivity index (χ1) is 13.4. The van der Waals surface area contributed by atoms with E-state index in [4.69, 9.17) is 0 Å². The van der Waals surface area contributed by atoms with Crippen molar-refractivity contribution in [2.24, 2.45) is 0 Å². The van der Waals surface area contributed by atoms with Gasteiger partial charge in [0.25, 0.3) is 5.91 Å². The van der Waals surface area contributed by atoms with Crippen LogP contribution in [0, 0.1) is 0 Å². The third-order valence-electron chi connectivity index (χ3n) is 5.62. The molecule has 4 rings (SSSR count). The highest BCUT2D eigenvalue weighted by Gasteiger charge is 2.49. The number of hydrogen-bond donors (Lipinski definition) is 3. The average molecular weight is 385 g/mol. The van der Waals surface area contributed by atoms with E-state index in [0.29, 0.717) is 31.6 Å². The largest absolute Gasteiger partial charge is 0.322 e. The van der Waals surface area contributed by atoms with Crippen LogP contribution in [0.15, 0.2) is 18.2 Å². The van der Waals surface area contributed by atoms with Gasteiger partial charge in [-0.05, 0) is 49.4 Å². The maximum absolute atomic E-state index is 12.7. The van der Waals surface area contributed by atoms with Crippen LogP contribution >= 0.6 is 0 Å². The summed E-state index contributed by atoms with van der Waals surface area (Å²) in [6.07, 6.45) is 2.86. The summed E-state index contributed by atoms with van der Waals surface area (Å²) in [6.45, 7) is 2.91. The zero-order chi connectivity index (χ0) is 19.9. The van der Waals surface area contributed by atoms with Crippen molar-refractivity contribution in [3.63, 3.8) is 0 Å². The average Bonchev–Trinajstić information content (AvgIpc) is 2.93. The molecule has 9 heteroatoms. The van der Waals surface area contributed by atoms with E-state index in [9.17, 15) is 19.2 Å². The molecule has 2 saturated heterocycles. The lowest BCUT2D eigenvalue weighted by molar-refractivity contribution is -0.125. The number of anilines is 2. The molecule has 1 atom stereocenters. The zero-order valence-corrected chi connectivity index (χ0v) is 15.7. The van der Waals surface area contributed by atoms with Gasteiger partial charge in [0.1, 0.15) is 5.54 Å². The third-order valence-corrected chi connectivity index (χ3v) is 5.62. The standard InChI is InChI=1S/C19H23N5O4/c1-12(25)24-9-2-4-13-10-14(5-6-15(13)24)20-18(28)23-8-3-7-19(11-23)16(26)21-17(27)22-19/h5-6,10H,2-4,7-9,11H2,1H3,(H,20,28)(H2,21,22,26,27). The van der Waals surface area contributed by atoms with Crippen LogP contribution in [0.25, 0.3) is 0 Å². The number of imide groups is 1. The Kier molecular flexibility index (Phi) is 4.44. The van der Waals surface area contributed by atoms with E-state index in [0.717, 1.165) is 24.1 Å². The summed E-state index contributed by atoms with van der Waals surface area (Å²) in [4.78, 5) is 51.5. The number of nitrogens with one attached hydrogen (secondary N) is 3. The molecule has 0 bridgehead atoms. The van der Waals surface area contributed by atoms with Crippen molar-refractivity contribution in [2.75, 3.05) is 29.9 Å². The van der Waals surface area contributed by atoms with Crippen LogP contribution in [0.2, 0.25) is 0 Å². The van der Waals surface area contributed by atoms with Crippen LogP contribution in [0.5, 0.6) is 0 Å². The van der Waals surface area contributed by atoms with Gasteiger partial charge < -0.3 is 20.4 Å². The van der Waals surface area contributed by atoms with Crippen molar-refractivity contribution in [3.8, 4) is 0 Å². The lowest BCUT2D eigenvalue weighted by Crippen LogP contribution is -2.60. The second-order valence-corrected chi connectivity index (χ2v) is 7.56. The molecule has 3 aliphatic heterocycles. The lowest BCUT2D eigenvalue weighted by atomic mass is 9.89. The van der Waals surface area contributed by atoms with Crippen molar-refractivity contribution >= 4 is 35.3 Å². The zero-order valence-electron chi connectivity index (χ0n) is 15.7. The Labute approximate surface area is 162 Å². The van der Waals surface area contributed by atoms with Crippen LogP contribution in [0.3, 0.4) is 0 Å². The highest BCUT2D eigenvalue weighted by molar-refractivity contribution is 6.07. The molecular formula is C19H23N5O4. The number of aryl methyl sites for hydroxylation is 1. The Morgan fingerprint density at radius 2 is 2.00 bits per heavy atom. The van der Waals surface area contributed by atoms with Gasteiger partial charge >= 0.3 is 12.1 Å². The maximum Gasteiger partial charge on any atom is 0.322 e. The van der Waals surface area contributed by atoms with E-state index in [-0.39, 0.29) is 24.4 Å². The lowest BCUT2D eigenvalue weighted by Gasteiger charge is -2.38. The number of amides is 6. The van der Waals surface area contributed by atoms with Crippen LogP contribution in [0.4, 0.5) is 21.0 Å². The molecule has 0 aromatic heterocycles. The number of urea groups is 2. The van der Waals surface area contributed by atoms with Gasteiger partial charge in [-0.3, -0.25) is 14.9 Å². The minimum Gasteiger partial charge on any atom is -0.322 e. The Bertz CT molecular complexity index is 870. The molecule has 3 heterocycles. The van der Waals surface area contributed by atoms with Gasteiger partial charge in [-0.2, -0.15) is 0 Å². The van der Waals surface area contributed by atoms with E-state index in [1.807, 2.05) is 12.1 Å². The Morgan fingerprint density at radius 1 is 1.18 bits per heavy atom. The summed E-state index contributed by atoms with van der Waals surface area (Å²) < 4.78 is 0. The number of rotatable bonds is 1. The van der Waals surface area contributed by atoms with Crippen molar-refractivity contribution in [3.05, 3.63) is 23.8 Å². The number of benzene rings is 1. The molecule has 0 aliphatic carbocycles. The molecule has 1 aromatic rings. The fraction of sp³-hybridized carbons (Fsp3) is 0.474. The van der Waals surface area contributed by atoms with Crippen molar-refractivity contribution in [2.45, 2.75) is 38.1 Å². The van der Waals surface area contributed by atoms with Crippen molar-refractivity contribution in [1.82, 2.24) is 15.5 Å². The highest BCUT2D eigenvalue weighted by atomic mass is 16.2. The molecule has 28 heavy (non-hydrogen) atoms. The molecule has 6 amide bonds. The first kappa shape index (κ1) is 18.3. The van der Waals surface area contributed by atoms with Gasteiger partial charge in [-0.1, -0.05) is 0 Å². The van der Waals surface area contributed by atoms with E-state index in [2.05, 4.69) is 16.0 Å². The quantitative estimate of drug-likeness (QED) is 0.631. The Balaban J connectivity index is 1.47. The predicted octanol–water partition coefficient (Wildman–Crippen LogP) is 1.19. The first-order valence-electron chi connectivity index (χ1n) is 9.48. The summed E-state index contributed by atoms with van der Waals surface area (Å²) in [5, 5.41) is 7.80. The number of likely N-dealkylation sites (tertiary alicyclic amines) is 1. The Morgan fingerprint density at radius 3 is 2.71 bits per heavy atom. The number of piperidine rings is 1. The molecule has 1 aromatic carbocycles. The van der Waals surface area contributed by atoms with Gasteiger partial charge in [-0.25, -0.2) is 9.59 Å². The third kappa shape index (κ3) is 3.17. The molecule has 148 valence electrons. The van der Waals surface area contributed by atoms with E-state index < -0.39 is 11.6 Å². The fourth-order valence-corrected chi connectivity index (χ4v) is 4.25. The molecule has 1 unspecified atom stereocenters. The van der Waals surface area contributed by atoms with E-state index >= 15 is 0 Å². The monoisotopic (exact) mass is 385 g/mol. The van der Waals surface area contributed by atoms with Crippen molar-refractivity contribution in [1.29, 1.82) is 0 Å². The molecule has 1 spiro atoms. The SMILES string of the molecule is CC(=O)N1CCCc2cc(NC(=O)N3CCCC4(C3)NC(=O)NC4=O)ccc21. The molecule has 3 N–H and O–H groups in total. The van der Waals surface area contributed by atoms with Gasteiger partial charge in [-0.15, -0.1) is 0 Å². The number of fused-ring (bicyclic) bond motifs is 1. The summed E-state index contributed by atoms with van der Waals surface area (Å²) in [6, 6.07) is 4.70. The van der Waals surface area contributed by atoms with Gasteiger partial charge in [0.05, 0.1) is 6.54 Å². The molecule has 0 radical (unpaired) electrons. The number of nitrogens with zero attached hydrogens (tertiary/aromatic N) is 2. The summed E-state index contributed by atoms with van der Waals surface area (Å²) in [5.41, 5.74) is 1.52. The van der Waals surface area contributed by atoms with Gasteiger partial charge in [0.2, 0.25) is 5.91 Å². The maximum atomic E-state index is 12.7. The normalized spacial score (nSPS) is 23.9. The number of hydrogen-bond acceptors (Lipinski definition) is 4. The topological polar surface area (TPSA) is 111 Å². The molecule has 9 nitrogen and oxygen atoms in total. The number of carbonyl (C=O) groups excluding carboxylic acids is 4. The number of carbonyl (C=O) groups is 4. The summed E-state index contributed by atoms with van der Waals surface area (Å²) in [7, 11) is 0. The molecular weight excluding hydrogens is 362 g/mol. The summed E-state index contributed by atoms with van der Waals surface area (Å²) in [5.74, 6) is -0.374. The van der Waals surface area contributed by atoms with Crippen LogP contribution < -0.4 is 20.9 Å². The van der Waals surface area contributed by atoms with Crippen LogP contribution in [-0.2, 0) is 16.0 Å².